The maximum atomic E-state index is 12.3. The zero-order valence-corrected chi connectivity index (χ0v) is 12.5. The van der Waals surface area contributed by atoms with Crippen molar-refractivity contribution < 1.29 is 14.7 Å². The second-order valence-corrected chi connectivity index (χ2v) is 7.14. The summed E-state index contributed by atoms with van der Waals surface area (Å²) in [6.07, 6.45) is 4.75. The third-order valence-corrected chi connectivity index (χ3v) is 5.92. The third-order valence-electron chi connectivity index (χ3n) is 4.80. The van der Waals surface area contributed by atoms with Gasteiger partial charge in [0.15, 0.2) is 0 Å². The van der Waals surface area contributed by atoms with E-state index in [1.54, 1.807) is 6.92 Å². The quantitative estimate of drug-likeness (QED) is 0.897. The zero-order chi connectivity index (χ0) is 14.4. The van der Waals surface area contributed by atoms with E-state index in [0.29, 0.717) is 16.8 Å². The number of nitrogens with one attached hydrogen (secondary N) is 1. The van der Waals surface area contributed by atoms with Crippen LogP contribution >= 0.6 is 11.3 Å². The molecule has 2 N–H and O–H groups in total. The van der Waals surface area contributed by atoms with E-state index in [2.05, 4.69) is 5.32 Å². The van der Waals surface area contributed by atoms with E-state index in [4.69, 9.17) is 0 Å². The lowest BCUT2D eigenvalue weighted by Crippen LogP contribution is -2.16. The number of hydrogen-bond acceptors (Lipinski definition) is 3. The molecule has 0 saturated heterocycles. The molecular weight excluding hydrogens is 274 g/mol. The van der Waals surface area contributed by atoms with Gasteiger partial charge in [0.1, 0.15) is 5.00 Å². The van der Waals surface area contributed by atoms with E-state index in [0.717, 1.165) is 23.3 Å². The molecular formula is C15H19NO3S. The van der Waals surface area contributed by atoms with Crippen molar-refractivity contribution in [1.82, 2.24) is 0 Å². The number of hydrogen-bond donors (Lipinski definition) is 2. The molecule has 2 aliphatic rings. The topological polar surface area (TPSA) is 66.4 Å². The average molecular weight is 293 g/mol. The Morgan fingerprint density at radius 3 is 2.35 bits per heavy atom. The van der Waals surface area contributed by atoms with E-state index in [-0.39, 0.29) is 17.4 Å². The summed E-state index contributed by atoms with van der Waals surface area (Å²) in [5, 5.41) is 12.7. The summed E-state index contributed by atoms with van der Waals surface area (Å²) < 4.78 is 0. The summed E-state index contributed by atoms with van der Waals surface area (Å²) in [6, 6.07) is 0. The van der Waals surface area contributed by atoms with Crippen LogP contribution in [0.4, 0.5) is 5.00 Å². The van der Waals surface area contributed by atoms with Gasteiger partial charge in [-0.1, -0.05) is 12.8 Å². The van der Waals surface area contributed by atoms with Crippen LogP contribution in [0, 0.1) is 31.6 Å². The SMILES string of the molecule is Cc1sc(NC(=O)C2C3CCCCC32)c(C(=O)O)c1C. The van der Waals surface area contributed by atoms with Gasteiger partial charge in [-0.3, -0.25) is 4.79 Å². The number of anilines is 1. The molecule has 0 spiro atoms. The second kappa shape index (κ2) is 4.88. The van der Waals surface area contributed by atoms with Crippen molar-refractivity contribution in [3.8, 4) is 0 Å². The highest BCUT2D eigenvalue weighted by Gasteiger charge is 2.54. The maximum Gasteiger partial charge on any atom is 0.338 e. The number of amides is 1. The second-order valence-electron chi connectivity index (χ2n) is 5.92. The van der Waals surface area contributed by atoms with Crippen molar-refractivity contribution in [2.45, 2.75) is 39.5 Å². The normalized spacial score (nSPS) is 27.8. The van der Waals surface area contributed by atoms with Crippen LogP contribution in [-0.2, 0) is 4.79 Å². The number of rotatable bonds is 3. The minimum absolute atomic E-state index is 0.0191. The molecule has 2 fully saturated rings. The first-order valence-electron chi connectivity index (χ1n) is 7.15. The smallest absolute Gasteiger partial charge is 0.338 e. The van der Waals surface area contributed by atoms with Crippen LogP contribution in [0.2, 0.25) is 0 Å². The van der Waals surface area contributed by atoms with Gasteiger partial charge in [0.2, 0.25) is 5.91 Å². The van der Waals surface area contributed by atoms with Gasteiger partial charge in [0, 0.05) is 10.8 Å². The Morgan fingerprint density at radius 1 is 1.20 bits per heavy atom. The molecule has 0 aliphatic heterocycles. The first-order chi connectivity index (χ1) is 9.50. The molecule has 1 heterocycles. The van der Waals surface area contributed by atoms with Gasteiger partial charge in [0.05, 0.1) is 5.56 Å². The van der Waals surface area contributed by atoms with Crippen molar-refractivity contribution >= 4 is 28.2 Å². The summed E-state index contributed by atoms with van der Waals surface area (Å²) in [4.78, 5) is 24.6. The number of aryl methyl sites for hydroxylation is 1. The highest BCUT2D eigenvalue weighted by molar-refractivity contribution is 7.16. The van der Waals surface area contributed by atoms with Crippen LogP contribution in [0.5, 0.6) is 0 Å². The molecule has 108 valence electrons. The van der Waals surface area contributed by atoms with Gasteiger partial charge in [-0.15, -0.1) is 11.3 Å². The molecule has 5 heteroatoms. The predicted molar refractivity (Wildman–Crippen MR) is 78.3 cm³/mol. The molecule has 0 radical (unpaired) electrons. The van der Waals surface area contributed by atoms with Crippen LogP contribution in [0.15, 0.2) is 0 Å². The Hall–Kier alpha value is -1.36. The van der Waals surface area contributed by atoms with Crippen LogP contribution in [0.1, 0.15) is 46.5 Å². The van der Waals surface area contributed by atoms with E-state index in [9.17, 15) is 14.7 Å². The first-order valence-corrected chi connectivity index (χ1v) is 7.96. The molecule has 2 unspecified atom stereocenters. The van der Waals surface area contributed by atoms with Crippen molar-refractivity contribution in [1.29, 1.82) is 0 Å². The minimum Gasteiger partial charge on any atom is -0.478 e. The van der Waals surface area contributed by atoms with Crippen molar-refractivity contribution in [3.05, 3.63) is 16.0 Å². The number of fused-ring (bicyclic) bond motifs is 1. The van der Waals surface area contributed by atoms with Crippen LogP contribution in [-0.4, -0.2) is 17.0 Å². The lowest BCUT2D eigenvalue weighted by Gasteiger charge is -2.04. The van der Waals surface area contributed by atoms with Crippen molar-refractivity contribution in [2.75, 3.05) is 5.32 Å². The summed E-state index contributed by atoms with van der Waals surface area (Å²) in [7, 11) is 0. The highest BCUT2D eigenvalue weighted by atomic mass is 32.1. The average Bonchev–Trinajstić information content (AvgIpc) is 3.05. The van der Waals surface area contributed by atoms with Gasteiger partial charge >= 0.3 is 5.97 Å². The molecule has 1 amide bonds. The molecule has 3 rings (SSSR count). The number of carboxylic acid groups (broad SMARTS) is 1. The number of carboxylic acids is 1. The minimum atomic E-state index is -0.963. The van der Waals surface area contributed by atoms with Gasteiger partial charge in [-0.25, -0.2) is 4.79 Å². The maximum absolute atomic E-state index is 12.3. The van der Waals surface area contributed by atoms with Gasteiger partial charge in [-0.05, 0) is 44.1 Å². The number of aromatic carboxylic acids is 1. The fraction of sp³-hybridized carbons (Fsp3) is 0.600. The summed E-state index contributed by atoms with van der Waals surface area (Å²) >= 11 is 1.36. The summed E-state index contributed by atoms with van der Waals surface area (Å²) in [6.45, 7) is 3.68. The lowest BCUT2D eigenvalue weighted by atomic mass is 10.0. The van der Waals surface area contributed by atoms with Crippen molar-refractivity contribution in [2.24, 2.45) is 17.8 Å². The number of thiophene rings is 1. The van der Waals surface area contributed by atoms with E-state index in [1.807, 2.05) is 6.92 Å². The number of carbonyl (C=O) groups is 2. The molecule has 2 saturated carbocycles. The predicted octanol–water partition coefficient (Wildman–Crippen LogP) is 3.44. The summed E-state index contributed by atoms with van der Waals surface area (Å²) in [5.41, 5.74) is 1.01. The highest BCUT2D eigenvalue weighted by Crippen LogP contribution is 2.55. The first kappa shape index (κ1) is 13.6. The molecule has 4 nitrogen and oxygen atoms in total. The van der Waals surface area contributed by atoms with E-state index in [1.165, 1.54) is 24.2 Å². The van der Waals surface area contributed by atoms with Gasteiger partial charge in [0.25, 0.3) is 0 Å². The Morgan fingerprint density at radius 2 is 1.80 bits per heavy atom. The molecule has 2 aliphatic carbocycles. The van der Waals surface area contributed by atoms with Crippen LogP contribution in [0.3, 0.4) is 0 Å². The molecule has 1 aromatic heterocycles. The van der Waals surface area contributed by atoms with E-state index >= 15 is 0 Å². The fourth-order valence-corrected chi connectivity index (χ4v) is 4.60. The largest absolute Gasteiger partial charge is 0.478 e. The van der Waals surface area contributed by atoms with Gasteiger partial charge < -0.3 is 10.4 Å². The van der Waals surface area contributed by atoms with Crippen molar-refractivity contribution in [3.63, 3.8) is 0 Å². The van der Waals surface area contributed by atoms with Crippen LogP contribution < -0.4 is 5.32 Å². The Kier molecular flexibility index (Phi) is 3.32. The zero-order valence-electron chi connectivity index (χ0n) is 11.7. The Bertz CT molecular complexity index is 566. The van der Waals surface area contributed by atoms with Gasteiger partial charge in [-0.2, -0.15) is 0 Å². The van der Waals surface area contributed by atoms with Crippen LogP contribution in [0.25, 0.3) is 0 Å². The molecule has 0 aromatic carbocycles. The third kappa shape index (κ3) is 2.14. The summed E-state index contributed by atoms with van der Waals surface area (Å²) in [5.74, 6) is 0.251. The van der Waals surface area contributed by atoms with E-state index < -0.39 is 5.97 Å². The molecule has 1 aromatic rings. The monoisotopic (exact) mass is 293 g/mol. The Labute approximate surface area is 122 Å². The fourth-order valence-electron chi connectivity index (χ4n) is 3.55. The number of carbonyl (C=O) groups excluding carboxylic acids is 1. The molecule has 20 heavy (non-hydrogen) atoms. The standard InChI is InChI=1S/C15H19NO3S/c1-7-8(2)20-14(11(7)15(18)19)16-13(17)12-9-5-3-4-6-10(9)12/h9-10,12H,3-6H2,1-2H3,(H,16,17)(H,18,19). The molecule has 0 bridgehead atoms. The lowest BCUT2D eigenvalue weighted by molar-refractivity contribution is -0.117. The molecule has 2 atom stereocenters. The Balaban J connectivity index is 1.77.